The van der Waals surface area contributed by atoms with E-state index < -0.39 is 17.4 Å². The minimum Gasteiger partial charge on any atom is -0.503 e. The quantitative estimate of drug-likeness (QED) is 0.898. The smallest absolute Gasteiger partial charge is 0.187 e. The molecular formula is C15H21F2NO. The minimum absolute atomic E-state index is 0.513. The molecule has 2 rings (SSSR count). The van der Waals surface area contributed by atoms with E-state index >= 15 is 0 Å². The number of phenolic OH excluding ortho intramolecular Hbond substituents is 1. The fraction of sp³-hybridized carbons (Fsp3) is 0.600. The van der Waals surface area contributed by atoms with Crippen molar-refractivity contribution in [2.45, 2.75) is 51.6 Å². The first-order valence-corrected chi connectivity index (χ1v) is 7.02. The van der Waals surface area contributed by atoms with Crippen LogP contribution in [0.2, 0.25) is 0 Å². The summed E-state index contributed by atoms with van der Waals surface area (Å²) in [5, 5.41) is 9.11. The van der Waals surface area contributed by atoms with Gasteiger partial charge in [-0.15, -0.1) is 0 Å². The summed E-state index contributed by atoms with van der Waals surface area (Å²) >= 11 is 0. The lowest BCUT2D eigenvalue weighted by Gasteiger charge is -2.35. The number of aromatic hydroxyl groups is 1. The van der Waals surface area contributed by atoms with Gasteiger partial charge in [-0.25, -0.2) is 8.78 Å². The maximum Gasteiger partial charge on any atom is 0.187 e. The number of hydrogen-bond donors (Lipinski definition) is 1. The van der Waals surface area contributed by atoms with Gasteiger partial charge in [0.25, 0.3) is 0 Å². The maximum absolute atomic E-state index is 13.3. The molecule has 0 aliphatic carbocycles. The van der Waals surface area contributed by atoms with Gasteiger partial charge in [0, 0.05) is 12.6 Å². The van der Waals surface area contributed by atoms with Crippen molar-refractivity contribution in [2.75, 3.05) is 6.54 Å². The summed E-state index contributed by atoms with van der Waals surface area (Å²) < 4.78 is 26.7. The molecule has 1 aliphatic rings. The van der Waals surface area contributed by atoms with Crippen molar-refractivity contribution in [1.29, 1.82) is 0 Å². The van der Waals surface area contributed by atoms with Gasteiger partial charge in [0.1, 0.15) is 0 Å². The van der Waals surface area contributed by atoms with Gasteiger partial charge < -0.3 is 5.11 Å². The Kier molecular flexibility index (Phi) is 4.75. The molecule has 1 saturated heterocycles. The third-order valence-corrected chi connectivity index (χ3v) is 3.83. The average molecular weight is 269 g/mol. The molecule has 0 radical (unpaired) electrons. The Balaban J connectivity index is 2.10. The van der Waals surface area contributed by atoms with Gasteiger partial charge in [-0.05, 0) is 43.5 Å². The highest BCUT2D eigenvalue weighted by atomic mass is 19.1. The molecule has 0 amide bonds. The van der Waals surface area contributed by atoms with E-state index in [4.69, 9.17) is 5.11 Å². The van der Waals surface area contributed by atoms with E-state index in [0.29, 0.717) is 18.2 Å². The van der Waals surface area contributed by atoms with E-state index in [1.165, 1.54) is 18.6 Å². The molecule has 1 unspecified atom stereocenters. The highest BCUT2D eigenvalue weighted by Crippen LogP contribution is 2.26. The lowest BCUT2D eigenvalue weighted by molar-refractivity contribution is 0.131. The largest absolute Gasteiger partial charge is 0.503 e. The Labute approximate surface area is 113 Å². The minimum atomic E-state index is -0.882. The summed E-state index contributed by atoms with van der Waals surface area (Å²) in [6.45, 7) is 3.69. The third kappa shape index (κ3) is 3.44. The number of rotatable bonds is 4. The molecule has 0 bridgehead atoms. The predicted octanol–water partition coefficient (Wildman–Crippen LogP) is 3.83. The number of benzene rings is 1. The maximum atomic E-state index is 13.3. The fourth-order valence-electron chi connectivity index (χ4n) is 2.87. The summed E-state index contributed by atoms with van der Waals surface area (Å²) in [5.41, 5.74) is 0.593. The zero-order valence-corrected chi connectivity index (χ0v) is 11.3. The van der Waals surface area contributed by atoms with Crippen molar-refractivity contribution in [3.63, 3.8) is 0 Å². The number of halogens is 2. The summed E-state index contributed by atoms with van der Waals surface area (Å²) in [5.74, 6) is -2.63. The zero-order valence-electron chi connectivity index (χ0n) is 11.3. The van der Waals surface area contributed by atoms with Crippen LogP contribution in [0.3, 0.4) is 0 Å². The summed E-state index contributed by atoms with van der Waals surface area (Å²) in [6.07, 6.45) is 5.79. The van der Waals surface area contributed by atoms with Crippen LogP contribution in [-0.4, -0.2) is 22.6 Å². The Morgan fingerprint density at radius 2 is 1.95 bits per heavy atom. The fourth-order valence-corrected chi connectivity index (χ4v) is 2.87. The molecule has 1 aliphatic heterocycles. The summed E-state index contributed by atoms with van der Waals surface area (Å²) in [4.78, 5) is 2.30. The zero-order chi connectivity index (χ0) is 13.8. The number of likely N-dealkylation sites (tertiary alicyclic amines) is 1. The molecular weight excluding hydrogens is 248 g/mol. The first kappa shape index (κ1) is 14.3. The molecule has 0 spiro atoms. The third-order valence-electron chi connectivity index (χ3n) is 3.83. The van der Waals surface area contributed by atoms with Crippen LogP contribution in [0.15, 0.2) is 12.1 Å². The van der Waals surface area contributed by atoms with E-state index in [1.807, 2.05) is 0 Å². The van der Waals surface area contributed by atoms with Crippen molar-refractivity contribution in [3.8, 4) is 5.75 Å². The highest BCUT2D eigenvalue weighted by molar-refractivity contribution is 5.30. The molecule has 4 heteroatoms. The molecule has 106 valence electrons. The predicted molar refractivity (Wildman–Crippen MR) is 71.0 cm³/mol. The van der Waals surface area contributed by atoms with Crippen molar-refractivity contribution in [2.24, 2.45) is 0 Å². The molecule has 1 aromatic carbocycles. The number of piperidine rings is 1. The summed E-state index contributed by atoms with van der Waals surface area (Å²) in [6, 6.07) is 2.98. The van der Waals surface area contributed by atoms with Crippen LogP contribution in [-0.2, 0) is 6.54 Å². The van der Waals surface area contributed by atoms with Gasteiger partial charge >= 0.3 is 0 Å². The highest BCUT2D eigenvalue weighted by Gasteiger charge is 2.22. The molecule has 1 heterocycles. The topological polar surface area (TPSA) is 23.5 Å². The van der Waals surface area contributed by atoms with E-state index in [-0.39, 0.29) is 0 Å². The van der Waals surface area contributed by atoms with E-state index in [9.17, 15) is 8.78 Å². The lowest BCUT2D eigenvalue weighted by atomic mass is 9.97. The van der Waals surface area contributed by atoms with Crippen LogP contribution in [0.1, 0.15) is 44.6 Å². The monoisotopic (exact) mass is 269 g/mol. The second-order valence-electron chi connectivity index (χ2n) is 5.32. The van der Waals surface area contributed by atoms with Crippen LogP contribution in [0.25, 0.3) is 0 Å². The molecule has 1 aromatic rings. The Morgan fingerprint density at radius 3 is 2.58 bits per heavy atom. The van der Waals surface area contributed by atoms with E-state index in [1.54, 1.807) is 0 Å². The first-order chi connectivity index (χ1) is 9.11. The van der Waals surface area contributed by atoms with Crippen molar-refractivity contribution >= 4 is 0 Å². The molecule has 1 atom stereocenters. The molecule has 19 heavy (non-hydrogen) atoms. The van der Waals surface area contributed by atoms with Crippen LogP contribution in [0.5, 0.6) is 5.75 Å². The lowest BCUT2D eigenvalue weighted by Crippen LogP contribution is -2.38. The Morgan fingerprint density at radius 1 is 1.26 bits per heavy atom. The number of phenols is 1. The summed E-state index contributed by atoms with van der Waals surface area (Å²) in [7, 11) is 0. The second kappa shape index (κ2) is 6.33. The normalized spacial score (nSPS) is 20.7. The second-order valence-corrected chi connectivity index (χ2v) is 5.32. The molecule has 1 N–H and O–H groups in total. The number of hydrogen-bond acceptors (Lipinski definition) is 2. The van der Waals surface area contributed by atoms with Crippen molar-refractivity contribution < 1.29 is 13.9 Å². The van der Waals surface area contributed by atoms with Gasteiger partial charge in [-0.3, -0.25) is 4.90 Å². The SMILES string of the molecule is CCCC1CCCCN1Cc1cc(F)c(O)c(F)c1. The van der Waals surface area contributed by atoms with Gasteiger partial charge in [-0.2, -0.15) is 0 Å². The van der Waals surface area contributed by atoms with E-state index in [2.05, 4.69) is 11.8 Å². The standard InChI is InChI=1S/C15H21F2NO/c1-2-5-12-6-3-4-7-18(12)10-11-8-13(16)15(19)14(17)9-11/h8-9,12,19H,2-7,10H2,1H3. The Hall–Kier alpha value is -1.16. The Bertz CT molecular complexity index is 411. The molecule has 0 saturated carbocycles. The van der Waals surface area contributed by atoms with E-state index in [0.717, 1.165) is 32.2 Å². The van der Waals surface area contributed by atoms with Gasteiger partial charge in [0.2, 0.25) is 0 Å². The van der Waals surface area contributed by atoms with Crippen LogP contribution < -0.4 is 0 Å². The number of nitrogens with zero attached hydrogens (tertiary/aromatic N) is 1. The van der Waals surface area contributed by atoms with Crippen molar-refractivity contribution in [3.05, 3.63) is 29.3 Å². The molecule has 0 aromatic heterocycles. The van der Waals surface area contributed by atoms with Crippen molar-refractivity contribution in [1.82, 2.24) is 4.90 Å². The average Bonchev–Trinajstić information content (AvgIpc) is 2.38. The van der Waals surface area contributed by atoms with Crippen LogP contribution >= 0.6 is 0 Å². The van der Waals surface area contributed by atoms with Crippen LogP contribution in [0, 0.1) is 11.6 Å². The van der Waals surface area contributed by atoms with Gasteiger partial charge in [0.05, 0.1) is 0 Å². The molecule has 1 fully saturated rings. The molecule has 2 nitrogen and oxygen atoms in total. The van der Waals surface area contributed by atoms with Gasteiger partial charge in [-0.1, -0.05) is 19.8 Å². The van der Waals surface area contributed by atoms with Gasteiger partial charge in [0.15, 0.2) is 17.4 Å². The van der Waals surface area contributed by atoms with Crippen LogP contribution in [0.4, 0.5) is 8.78 Å². The first-order valence-electron chi connectivity index (χ1n) is 7.02.